The van der Waals surface area contributed by atoms with Crippen LogP contribution in [0, 0.1) is 0 Å². The van der Waals surface area contributed by atoms with Crippen molar-refractivity contribution in [3.63, 3.8) is 0 Å². The van der Waals surface area contributed by atoms with E-state index in [0.717, 1.165) is 10.2 Å². The smallest absolute Gasteiger partial charge is 0.260 e. The molecule has 1 aliphatic heterocycles. The number of anilines is 1. The minimum Gasteiger partial charge on any atom is -0.467 e. The van der Waals surface area contributed by atoms with E-state index in [2.05, 4.69) is 19.9 Å². The van der Waals surface area contributed by atoms with Gasteiger partial charge in [-0.3, -0.25) is 9.69 Å². The van der Waals surface area contributed by atoms with E-state index in [1.54, 1.807) is 29.4 Å². The number of ether oxygens (including phenoxy) is 2. The van der Waals surface area contributed by atoms with Crippen molar-refractivity contribution in [1.29, 1.82) is 0 Å². The molecular weight excluding hydrogens is 400 g/mol. The van der Waals surface area contributed by atoms with E-state index in [-0.39, 0.29) is 19.2 Å². The third-order valence-electron chi connectivity index (χ3n) is 5.05. The molecule has 152 valence electrons. The summed E-state index contributed by atoms with van der Waals surface area (Å²) in [6.07, 6.45) is 1.60. The topological polar surface area (TPSA) is 64.8 Å². The molecule has 0 bridgehead atoms. The van der Waals surface area contributed by atoms with Gasteiger partial charge in [-0.05, 0) is 47.9 Å². The number of benzene rings is 2. The maximum absolute atomic E-state index is 13.5. The number of fused-ring (bicyclic) bond motifs is 2. The summed E-state index contributed by atoms with van der Waals surface area (Å²) in [4.78, 5) is 20.0. The second kappa shape index (κ2) is 7.50. The zero-order valence-corrected chi connectivity index (χ0v) is 17.4. The number of para-hydroxylation sites is 1. The van der Waals surface area contributed by atoms with Crippen LogP contribution in [-0.4, -0.2) is 17.7 Å². The summed E-state index contributed by atoms with van der Waals surface area (Å²) < 4.78 is 17.4. The Balaban J connectivity index is 1.58. The molecule has 0 radical (unpaired) electrons. The van der Waals surface area contributed by atoms with Gasteiger partial charge in [-0.1, -0.05) is 37.3 Å². The Bertz CT molecular complexity index is 1210. The predicted molar refractivity (Wildman–Crippen MR) is 115 cm³/mol. The molecule has 2 aromatic heterocycles. The lowest BCUT2D eigenvalue weighted by molar-refractivity contribution is 0.0983. The molecule has 3 heterocycles. The van der Waals surface area contributed by atoms with Crippen molar-refractivity contribution in [2.24, 2.45) is 0 Å². The highest BCUT2D eigenvalue weighted by Crippen LogP contribution is 2.36. The van der Waals surface area contributed by atoms with Gasteiger partial charge in [0.15, 0.2) is 16.6 Å². The molecule has 0 N–H and O–H groups in total. The standard InChI is InChI=1S/C23H20N2O4S/c1-14(2)17-6-3-7-20-21(17)24-23(30-20)25(12-16-5-4-10-27-16)22(26)15-8-9-18-19(11-15)29-13-28-18/h3-11,14H,12-13H2,1-2H3. The van der Waals surface area contributed by atoms with Crippen molar-refractivity contribution in [2.45, 2.75) is 26.3 Å². The molecular formula is C23H20N2O4S. The van der Waals surface area contributed by atoms with Crippen LogP contribution in [0.25, 0.3) is 10.2 Å². The van der Waals surface area contributed by atoms with Crippen LogP contribution in [-0.2, 0) is 6.54 Å². The first-order valence-corrected chi connectivity index (χ1v) is 10.5. The maximum Gasteiger partial charge on any atom is 0.260 e. The SMILES string of the molecule is CC(C)c1cccc2sc(N(Cc3ccco3)C(=O)c3ccc4c(c3)OCO4)nc12. The fraction of sp³-hybridized carbons (Fsp3) is 0.217. The zero-order valence-electron chi connectivity index (χ0n) is 16.6. The molecule has 6 nitrogen and oxygen atoms in total. The molecule has 1 amide bonds. The second-order valence-corrected chi connectivity index (χ2v) is 8.39. The Morgan fingerprint density at radius 2 is 2.00 bits per heavy atom. The summed E-state index contributed by atoms with van der Waals surface area (Å²) in [5.41, 5.74) is 2.62. The molecule has 0 saturated carbocycles. The van der Waals surface area contributed by atoms with E-state index in [0.29, 0.717) is 33.9 Å². The van der Waals surface area contributed by atoms with Crippen molar-refractivity contribution >= 4 is 32.6 Å². The Morgan fingerprint density at radius 3 is 2.80 bits per heavy atom. The van der Waals surface area contributed by atoms with Crippen LogP contribution in [0.5, 0.6) is 11.5 Å². The molecule has 0 saturated heterocycles. The first-order valence-electron chi connectivity index (χ1n) is 9.73. The van der Waals surface area contributed by atoms with E-state index in [1.165, 1.54) is 16.9 Å². The van der Waals surface area contributed by atoms with Crippen molar-refractivity contribution in [1.82, 2.24) is 4.98 Å². The predicted octanol–water partition coefficient (Wildman–Crippen LogP) is 5.59. The van der Waals surface area contributed by atoms with E-state index >= 15 is 0 Å². The molecule has 0 atom stereocenters. The lowest BCUT2D eigenvalue weighted by Gasteiger charge is -2.19. The average Bonchev–Trinajstić information content (AvgIpc) is 3.50. The van der Waals surface area contributed by atoms with E-state index in [9.17, 15) is 4.79 Å². The summed E-state index contributed by atoms with van der Waals surface area (Å²) >= 11 is 1.50. The zero-order chi connectivity index (χ0) is 20.7. The molecule has 0 spiro atoms. The van der Waals surface area contributed by atoms with Gasteiger partial charge in [-0.2, -0.15) is 0 Å². The number of carbonyl (C=O) groups is 1. The molecule has 0 aliphatic carbocycles. The van der Waals surface area contributed by atoms with Gasteiger partial charge in [0.25, 0.3) is 5.91 Å². The quantitative estimate of drug-likeness (QED) is 0.421. The second-order valence-electron chi connectivity index (χ2n) is 7.38. The van der Waals surface area contributed by atoms with Gasteiger partial charge in [0.2, 0.25) is 6.79 Å². The number of hydrogen-bond acceptors (Lipinski definition) is 6. The Morgan fingerprint density at radius 1 is 1.13 bits per heavy atom. The van der Waals surface area contributed by atoms with Crippen LogP contribution in [0.15, 0.2) is 59.2 Å². The van der Waals surface area contributed by atoms with Crippen molar-refractivity contribution in [3.8, 4) is 11.5 Å². The number of aromatic nitrogens is 1. The number of hydrogen-bond donors (Lipinski definition) is 0. The Labute approximate surface area is 177 Å². The van der Waals surface area contributed by atoms with Crippen LogP contribution in [0.2, 0.25) is 0 Å². The molecule has 0 fully saturated rings. The first kappa shape index (κ1) is 18.7. The summed E-state index contributed by atoms with van der Waals surface area (Å²) in [7, 11) is 0. The number of nitrogens with zero attached hydrogens (tertiary/aromatic N) is 2. The highest BCUT2D eigenvalue weighted by molar-refractivity contribution is 7.22. The van der Waals surface area contributed by atoms with E-state index < -0.39 is 0 Å². The lowest BCUT2D eigenvalue weighted by Crippen LogP contribution is -2.30. The van der Waals surface area contributed by atoms with Crippen LogP contribution in [0.1, 0.15) is 41.4 Å². The lowest BCUT2D eigenvalue weighted by atomic mass is 10.0. The van der Waals surface area contributed by atoms with Gasteiger partial charge in [-0.25, -0.2) is 4.98 Å². The van der Waals surface area contributed by atoms with E-state index in [4.69, 9.17) is 18.9 Å². The monoisotopic (exact) mass is 420 g/mol. The number of thiazole rings is 1. The fourth-order valence-corrected chi connectivity index (χ4v) is 4.51. The minimum atomic E-state index is -0.171. The molecule has 30 heavy (non-hydrogen) atoms. The van der Waals surface area contributed by atoms with Gasteiger partial charge in [0, 0.05) is 5.56 Å². The minimum absolute atomic E-state index is 0.166. The van der Waals surface area contributed by atoms with Crippen molar-refractivity contribution in [3.05, 3.63) is 71.7 Å². The summed E-state index contributed by atoms with van der Waals surface area (Å²) in [5, 5.41) is 0.636. The van der Waals surface area contributed by atoms with Gasteiger partial charge in [0.05, 0.1) is 23.0 Å². The average molecular weight is 420 g/mol. The van der Waals surface area contributed by atoms with E-state index in [1.807, 2.05) is 24.3 Å². The first-order chi connectivity index (χ1) is 14.6. The van der Waals surface area contributed by atoms with Gasteiger partial charge >= 0.3 is 0 Å². The number of amides is 1. The van der Waals surface area contributed by atoms with Crippen molar-refractivity contribution < 1.29 is 18.7 Å². The molecule has 0 unspecified atom stereocenters. The highest BCUT2D eigenvalue weighted by Gasteiger charge is 2.25. The Hall–Kier alpha value is -3.32. The summed E-state index contributed by atoms with van der Waals surface area (Å²) in [5.74, 6) is 2.07. The maximum atomic E-state index is 13.5. The molecule has 1 aliphatic rings. The number of rotatable bonds is 5. The van der Waals surface area contributed by atoms with Crippen LogP contribution in [0.4, 0.5) is 5.13 Å². The number of carbonyl (C=O) groups excluding carboxylic acids is 1. The molecule has 2 aromatic carbocycles. The number of furan rings is 1. The van der Waals surface area contributed by atoms with Gasteiger partial charge in [-0.15, -0.1) is 0 Å². The summed E-state index contributed by atoms with van der Waals surface area (Å²) in [6.45, 7) is 4.74. The molecule has 5 rings (SSSR count). The third kappa shape index (κ3) is 3.31. The van der Waals surface area contributed by atoms with Gasteiger partial charge in [0.1, 0.15) is 5.76 Å². The van der Waals surface area contributed by atoms with Crippen LogP contribution < -0.4 is 14.4 Å². The Kier molecular flexibility index (Phi) is 4.67. The summed E-state index contributed by atoms with van der Waals surface area (Å²) in [6, 6.07) is 15.1. The highest BCUT2D eigenvalue weighted by atomic mass is 32.1. The van der Waals surface area contributed by atoms with Crippen molar-refractivity contribution in [2.75, 3.05) is 11.7 Å². The van der Waals surface area contributed by atoms with Gasteiger partial charge < -0.3 is 13.9 Å². The third-order valence-corrected chi connectivity index (χ3v) is 6.09. The normalized spacial score (nSPS) is 12.6. The van der Waals surface area contributed by atoms with Crippen LogP contribution in [0.3, 0.4) is 0 Å². The largest absolute Gasteiger partial charge is 0.467 e. The molecule has 7 heteroatoms. The molecule has 4 aromatic rings. The van der Waals surface area contributed by atoms with Crippen LogP contribution >= 0.6 is 11.3 Å². The fourth-order valence-electron chi connectivity index (χ4n) is 3.51.